The number of amides is 2. The summed E-state index contributed by atoms with van der Waals surface area (Å²) in [5.41, 5.74) is 0.00802. The molecule has 2 amide bonds. The van der Waals surface area contributed by atoms with E-state index in [1.807, 2.05) is 0 Å². The Hall–Kier alpha value is -1.04. The van der Waals surface area contributed by atoms with Crippen LogP contribution in [0.25, 0.3) is 0 Å². The average molecular weight is 297 g/mol. The van der Waals surface area contributed by atoms with E-state index in [-0.39, 0.29) is 34.5 Å². The van der Waals surface area contributed by atoms with Crippen LogP contribution in [-0.2, 0) is 19.1 Å². The van der Waals surface area contributed by atoms with Gasteiger partial charge in [0.25, 0.3) is 0 Å². The van der Waals surface area contributed by atoms with Gasteiger partial charge in [0.2, 0.25) is 11.8 Å². The van der Waals surface area contributed by atoms with Gasteiger partial charge in [0.15, 0.2) is 0 Å². The number of nitrogens with zero attached hydrogens (tertiary/aromatic N) is 1. The first-order valence-electron chi connectivity index (χ1n) is 7.09. The predicted molar refractivity (Wildman–Crippen MR) is 74.0 cm³/mol. The molecule has 3 fully saturated rings. The molecule has 3 aliphatic rings. The number of rotatable bonds is 6. The molecule has 5 nitrogen and oxygen atoms in total. The van der Waals surface area contributed by atoms with Gasteiger partial charge in [0, 0.05) is 18.2 Å². The number of imide groups is 1. The number of carbonyl (C=O) groups is 3. The van der Waals surface area contributed by atoms with Gasteiger partial charge in [-0.3, -0.25) is 19.3 Å². The second-order valence-electron chi connectivity index (χ2n) is 6.09. The minimum Gasteiger partial charge on any atom is -0.469 e. The molecule has 1 atom stereocenters. The Bertz CT molecular complexity index is 456. The SMILES string of the molecule is COC(=O)CC1(CSC2CC(=O)N(C3CC3)C2=O)CC1. The molecule has 0 spiro atoms. The predicted octanol–water partition coefficient (Wildman–Crippen LogP) is 1.35. The van der Waals surface area contributed by atoms with Crippen LogP contribution in [0.1, 0.15) is 38.5 Å². The summed E-state index contributed by atoms with van der Waals surface area (Å²) in [5.74, 6) is 0.547. The van der Waals surface area contributed by atoms with E-state index in [1.165, 1.54) is 12.0 Å². The summed E-state index contributed by atoms with van der Waals surface area (Å²) in [7, 11) is 1.40. The molecule has 1 aliphatic heterocycles. The molecule has 1 unspecified atom stereocenters. The Labute approximate surface area is 122 Å². The topological polar surface area (TPSA) is 63.7 Å². The highest BCUT2D eigenvalue weighted by molar-refractivity contribution is 8.00. The minimum absolute atomic E-state index is 0.00802. The van der Waals surface area contributed by atoms with Crippen molar-refractivity contribution < 1.29 is 19.1 Å². The van der Waals surface area contributed by atoms with Crippen molar-refractivity contribution in [3.8, 4) is 0 Å². The van der Waals surface area contributed by atoms with Gasteiger partial charge < -0.3 is 4.74 Å². The third-order valence-corrected chi connectivity index (χ3v) is 5.90. The summed E-state index contributed by atoms with van der Waals surface area (Å²) in [4.78, 5) is 36.9. The number of hydrogen-bond donors (Lipinski definition) is 0. The first-order chi connectivity index (χ1) is 9.54. The fourth-order valence-corrected chi connectivity index (χ4v) is 4.14. The summed E-state index contributed by atoms with van der Waals surface area (Å²) in [6, 6.07) is 0.172. The first-order valence-corrected chi connectivity index (χ1v) is 8.14. The molecular formula is C14H19NO4S. The molecule has 0 radical (unpaired) electrons. The number of esters is 1. The molecule has 6 heteroatoms. The van der Waals surface area contributed by atoms with Crippen LogP contribution in [0.5, 0.6) is 0 Å². The summed E-state index contributed by atoms with van der Waals surface area (Å²) < 4.78 is 4.72. The quantitative estimate of drug-likeness (QED) is 0.547. The molecule has 0 bridgehead atoms. The molecule has 3 rings (SSSR count). The van der Waals surface area contributed by atoms with E-state index in [2.05, 4.69) is 0 Å². The minimum atomic E-state index is -0.238. The first kappa shape index (κ1) is 13.9. The molecule has 0 N–H and O–H groups in total. The number of thioether (sulfide) groups is 1. The van der Waals surface area contributed by atoms with Crippen LogP contribution in [-0.4, -0.2) is 46.8 Å². The van der Waals surface area contributed by atoms with Gasteiger partial charge in [0.05, 0.1) is 18.8 Å². The summed E-state index contributed by atoms with van der Waals surface area (Å²) in [6.07, 6.45) is 4.70. The van der Waals surface area contributed by atoms with Crippen molar-refractivity contribution in [2.75, 3.05) is 12.9 Å². The van der Waals surface area contributed by atoms with E-state index >= 15 is 0 Å². The van der Waals surface area contributed by atoms with Crippen LogP contribution in [0.2, 0.25) is 0 Å². The third-order valence-electron chi connectivity index (χ3n) is 4.35. The monoisotopic (exact) mass is 297 g/mol. The van der Waals surface area contributed by atoms with Crippen LogP contribution >= 0.6 is 11.8 Å². The molecule has 0 aromatic carbocycles. The molecule has 0 aromatic heterocycles. The lowest BCUT2D eigenvalue weighted by Gasteiger charge is -2.16. The van der Waals surface area contributed by atoms with Gasteiger partial charge in [0.1, 0.15) is 0 Å². The molecule has 0 aromatic rings. The van der Waals surface area contributed by atoms with E-state index in [9.17, 15) is 14.4 Å². The van der Waals surface area contributed by atoms with Crippen molar-refractivity contribution >= 4 is 29.5 Å². The smallest absolute Gasteiger partial charge is 0.306 e. The Balaban J connectivity index is 1.53. The normalized spacial score (nSPS) is 27.9. The van der Waals surface area contributed by atoms with Crippen molar-refractivity contribution in [1.82, 2.24) is 4.90 Å². The Morgan fingerprint density at radius 1 is 1.40 bits per heavy atom. The number of methoxy groups -OCH3 is 1. The second-order valence-corrected chi connectivity index (χ2v) is 7.28. The summed E-state index contributed by atoms with van der Waals surface area (Å²) in [5, 5.41) is -0.238. The maximum Gasteiger partial charge on any atom is 0.306 e. The van der Waals surface area contributed by atoms with E-state index in [4.69, 9.17) is 4.74 Å². The van der Waals surface area contributed by atoms with E-state index < -0.39 is 0 Å². The van der Waals surface area contributed by atoms with Crippen LogP contribution < -0.4 is 0 Å². The van der Waals surface area contributed by atoms with Gasteiger partial charge in [-0.05, 0) is 31.1 Å². The number of likely N-dealkylation sites (tertiary alicyclic amines) is 1. The maximum absolute atomic E-state index is 12.2. The summed E-state index contributed by atoms with van der Waals surface area (Å²) >= 11 is 1.55. The lowest BCUT2D eigenvalue weighted by Crippen LogP contribution is -2.33. The van der Waals surface area contributed by atoms with Crippen LogP contribution in [0.15, 0.2) is 0 Å². The molecule has 2 aliphatic carbocycles. The fourth-order valence-electron chi connectivity index (χ4n) is 2.67. The highest BCUT2D eigenvalue weighted by atomic mass is 32.2. The van der Waals surface area contributed by atoms with Gasteiger partial charge in [-0.25, -0.2) is 0 Å². The Morgan fingerprint density at radius 2 is 2.10 bits per heavy atom. The molecule has 1 heterocycles. The van der Waals surface area contributed by atoms with E-state index in [0.29, 0.717) is 12.8 Å². The molecule has 110 valence electrons. The maximum atomic E-state index is 12.2. The standard InChI is InChI=1S/C14H19NO4S/c1-19-12(17)7-14(4-5-14)8-20-10-6-11(16)15(13(10)18)9-2-3-9/h9-10H,2-8H2,1H3. The molecule has 1 saturated heterocycles. The van der Waals surface area contributed by atoms with Gasteiger partial charge in [-0.1, -0.05) is 0 Å². The number of ether oxygens (including phenoxy) is 1. The summed E-state index contributed by atoms with van der Waals surface area (Å²) in [6.45, 7) is 0. The van der Waals surface area contributed by atoms with E-state index in [1.54, 1.807) is 11.8 Å². The molecular weight excluding hydrogens is 278 g/mol. The van der Waals surface area contributed by atoms with E-state index in [0.717, 1.165) is 31.4 Å². The zero-order valence-electron chi connectivity index (χ0n) is 11.6. The Morgan fingerprint density at radius 3 is 2.65 bits per heavy atom. The van der Waals surface area contributed by atoms with Crippen molar-refractivity contribution in [1.29, 1.82) is 0 Å². The molecule has 20 heavy (non-hydrogen) atoms. The second kappa shape index (κ2) is 5.06. The highest BCUT2D eigenvalue weighted by Crippen LogP contribution is 2.52. The van der Waals surface area contributed by atoms with Crippen molar-refractivity contribution in [2.45, 2.75) is 49.8 Å². The molecule has 2 saturated carbocycles. The third kappa shape index (κ3) is 2.71. The highest BCUT2D eigenvalue weighted by Gasteiger charge is 2.49. The van der Waals surface area contributed by atoms with Crippen molar-refractivity contribution in [3.63, 3.8) is 0 Å². The lowest BCUT2D eigenvalue weighted by molar-refractivity contribution is -0.142. The van der Waals surface area contributed by atoms with Gasteiger partial charge >= 0.3 is 5.97 Å². The number of carbonyl (C=O) groups excluding carboxylic acids is 3. The largest absolute Gasteiger partial charge is 0.469 e. The zero-order valence-corrected chi connectivity index (χ0v) is 12.4. The van der Waals surface area contributed by atoms with Crippen molar-refractivity contribution in [2.24, 2.45) is 5.41 Å². The lowest BCUT2D eigenvalue weighted by atomic mass is 10.1. The van der Waals surface area contributed by atoms with Gasteiger partial charge in [-0.15, -0.1) is 11.8 Å². The van der Waals surface area contributed by atoms with Gasteiger partial charge in [-0.2, -0.15) is 0 Å². The number of hydrogen-bond acceptors (Lipinski definition) is 5. The average Bonchev–Trinajstić information content (AvgIpc) is 3.32. The Kier molecular flexibility index (Phi) is 3.52. The van der Waals surface area contributed by atoms with Crippen LogP contribution in [0.4, 0.5) is 0 Å². The zero-order chi connectivity index (χ0) is 14.3. The van der Waals surface area contributed by atoms with Crippen LogP contribution in [0, 0.1) is 5.41 Å². The fraction of sp³-hybridized carbons (Fsp3) is 0.786. The van der Waals surface area contributed by atoms with Crippen LogP contribution in [0.3, 0.4) is 0 Å². The van der Waals surface area contributed by atoms with Crippen molar-refractivity contribution in [3.05, 3.63) is 0 Å².